The predicted molar refractivity (Wildman–Crippen MR) is 86.0 cm³/mol. The number of fused-ring (bicyclic) bond motifs is 1. The number of likely N-dealkylation sites (N-methyl/N-ethyl adjacent to an activating group) is 1. The summed E-state index contributed by atoms with van der Waals surface area (Å²) in [6, 6.07) is 20.0. The molecule has 0 fully saturated rings. The van der Waals surface area contributed by atoms with Crippen molar-refractivity contribution < 1.29 is 60.1 Å². The molecule has 2 aromatic rings. The van der Waals surface area contributed by atoms with E-state index in [2.05, 4.69) is 85.7 Å². The summed E-state index contributed by atoms with van der Waals surface area (Å²) in [6.07, 6.45) is 4.78. The SMILES string of the molecule is CN(C)C[CH]([Hf+3][CH]1C=Cc2ccccc21)c1ccccc1.[Cl-].[Cl-].[Cl-]. The molecule has 3 rings (SSSR count). The Kier molecular flexibility index (Phi) is 11.4. The Morgan fingerprint density at radius 2 is 1.54 bits per heavy atom. The second kappa shape index (κ2) is 11.5. The number of allylic oxidation sites excluding steroid dienone is 1. The quantitative estimate of drug-likeness (QED) is 0.340. The molecule has 0 bridgehead atoms. The van der Waals surface area contributed by atoms with E-state index in [1.165, 1.54) is 17.7 Å². The fourth-order valence-electron chi connectivity index (χ4n) is 2.92. The molecule has 2 atom stereocenters. The number of hydrogen-bond donors (Lipinski definition) is 0. The van der Waals surface area contributed by atoms with Gasteiger partial charge in [-0.15, -0.1) is 0 Å². The van der Waals surface area contributed by atoms with Crippen LogP contribution in [0.5, 0.6) is 0 Å². The van der Waals surface area contributed by atoms with Crippen LogP contribution in [0.4, 0.5) is 0 Å². The van der Waals surface area contributed by atoms with Crippen molar-refractivity contribution in [3.63, 3.8) is 0 Å². The van der Waals surface area contributed by atoms with E-state index in [4.69, 9.17) is 0 Å². The fourth-order valence-corrected chi connectivity index (χ4v) is 9.88. The molecule has 0 radical (unpaired) electrons. The number of nitrogens with zero attached hydrogens (tertiary/aromatic N) is 1. The third-order valence-corrected chi connectivity index (χ3v) is 10.3. The number of halogens is 3. The Morgan fingerprint density at radius 1 is 0.917 bits per heavy atom. The van der Waals surface area contributed by atoms with Crippen LogP contribution in [0.25, 0.3) is 6.08 Å². The topological polar surface area (TPSA) is 3.24 Å². The van der Waals surface area contributed by atoms with Crippen molar-refractivity contribution in [1.82, 2.24) is 4.90 Å². The van der Waals surface area contributed by atoms with Crippen LogP contribution in [0.15, 0.2) is 60.7 Å². The smallest absolute Gasteiger partial charge is 1.00 e. The van der Waals surface area contributed by atoms with Gasteiger partial charge in [-0.2, -0.15) is 0 Å². The van der Waals surface area contributed by atoms with Crippen molar-refractivity contribution in [2.45, 2.75) is 7.35 Å². The molecule has 2 unspecified atom stereocenters. The molecule has 0 N–H and O–H groups in total. The Hall–Kier alpha value is -0.120. The fraction of sp³-hybridized carbons (Fsp3) is 0.263. The van der Waals surface area contributed by atoms with E-state index in [-0.39, 0.29) is 37.2 Å². The van der Waals surface area contributed by atoms with Gasteiger partial charge in [0.15, 0.2) is 0 Å². The van der Waals surface area contributed by atoms with Crippen molar-refractivity contribution in [3.05, 3.63) is 77.4 Å². The zero-order valence-corrected chi connectivity index (χ0v) is 19.7. The van der Waals surface area contributed by atoms with E-state index >= 15 is 0 Å². The van der Waals surface area contributed by atoms with Crippen molar-refractivity contribution in [1.29, 1.82) is 0 Å². The first-order chi connectivity index (χ1) is 10.2. The molecule has 24 heavy (non-hydrogen) atoms. The molecule has 1 nitrogen and oxygen atoms in total. The monoisotopic (exact) mass is 548 g/mol. The average molecular weight is 548 g/mol. The summed E-state index contributed by atoms with van der Waals surface area (Å²) in [7, 11) is 4.38. The van der Waals surface area contributed by atoms with Crippen LogP contribution in [0.2, 0.25) is 0 Å². The molecular formula is C19H21Cl3HfN. The van der Waals surface area contributed by atoms with Crippen LogP contribution in [0.1, 0.15) is 24.0 Å². The van der Waals surface area contributed by atoms with E-state index in [0.29, 0.717) is 0 Å². The number of rotatable bonds is 5. The van der Waals surface area contributed by atoms with E-state index in [9.17, 15) is 0 Å². The molecule has 0 saturated heterocycles. The zero-order chi connectivity index (χ0) is 14.7. The molecule has 2 aromatic carbocycles. The maximum atomic E-state index is 2.46. The van der Waals surface area contributed by atoms with Crippen LogP contribution in [0, 0.1) is 0 Å². The number of benzene rings is 2. The van der Waals surface area contributed by atoms with Gasteiger partial charge in [0.2, 0.25) is 0 Å². The van der Waals surface area contributed by atoms with Gasteiger partial charge in [-0.3, -0.25) is 0 Å². The molecule has 0 saturated carbocycles. The molecule has 0 aromatic heterocycles. The van der Waals surface area contributed by atoms with Gasteiger partial charge >= 0.3 is 139 Å². The molecular weight excluding hydrogens is 527 g/mol. The van der Waals surface area contributed by atoms with Crippen molar-refractivity contribution in [2.24, 2.45) is 0 Å². The maximum absolute atomic E-state index is 2.46. The summed E-state index contributed by atoms with van der Waals surface area (Å²) in [5.74, 6) is 0. The summed E-state index contributed by atoms with van der Waals surface area (Å²) >= 11 is -0.858. The summed E-state index contributed by atoms with van der Waals surface area (Å²) in [6.45, 7) is 1.18. The molecule has 5 heteroatoms. The molecule has 0 aliphatic heterocycles. The van der Waals surface area contributed by atoms with Crippen LogP contribution < -0.4 is 37.2 Å². The standard InChI is InChI=1S/C10H14N.C9H7.3ClH.Hf/c1-11(2)9-8-10-6-4-3-5-7-10;1-2-5-9-7-3-6-8(9)4-1;;;;/h3-8H,9H2,1-2H3;1-7H;3*1H;/q;;;;;+3/p-3. The van der Waals surface area contributed by atoms with Crippen molar-refractivity contribution in [3.8, 4) is 0 Å². The molecule has 127 valence electrons. The summed E-state index contributed by atoms with van der Waals surface area (Å²) < 4.78 is 1.51. The van der Waals surface area contributed by atoms with E-state index in [0.717, 1.165) is 7.35 Å². The van der Waals surface area contributed by atoms with Gasteiger partial charge in [-0.25, -0.2) is 0 Å². The normalized spacial score (nSPS) is 15.4. The van der Waals surface area contributed by atoms with E-state index in [1.54, 1.807) is 5.56 Å². The molecule has 0 spiro atoms. The van der Waals surface area contributed by atoms with Gasteiger partial charge in [-0.1, -0.05) is 0 Å². The van der Waals surface area contributed by atoms with Crippen molar-refractivity contribution in [2.75, 3.05) is 20.6 Å². The summed E-state index contributed by atoms with van der Waals surface area (Å²) in [5, 5.41) is 0. The Balaban J connectivity index is 0.00000176. The van der Waals surface area contributed by atoms with Gasteiger partial charge in [-0.05, 0) is 0 Å². The van der Waals surface area contributed by atoms with Crippen LogP contribution >= 0.6 is 0 Å². The predicted octanol–water partition coefficient (Wildman–Crippen LogP) is -4.85. The molecule has 1 aliphatic carbocycles. The Labute approximate surface area is 175 Å². The van der Waals surface area contributed by atoms with E-state index < -0.39 is 22.9 Å². The maximum Gasteiger partial charge on any atom is -1.00 e. The molecule has 1 aliphatic rings. The average Bonchev–Trinajstić information content (AvgIpc) is 2.90. The Morgan fingerprint density at radius 3 is 2.21 bits per heavy atom. The van der Waals surface area contributed by atoms with Crippen LogP contribution in [-0.4, -0.2) is 25.5 Å². The van der Waals surface area contributed by atoms with Gasteiger partial charge in [0, 0.05) is 0 Å². The van der Waals surface area contributed by atoms with Crippen LogP contribution in [-0.2, 0) is 22.9 Å². The molecule has 0 heterocycles. The zero-order valence-electron chi connectivity index (χ0n) is 13.8. The minimum absolute atomic E-state index is 0. The minimum Gasteiger partial charge on any atom is -1.00 e. The second-order valence-electron chi connectivity index (χ2n) is 5.86. The van der Waals surface area contributed by atoms with Crippen LogP contribution in [0.3, 0.4) is 0 Å². The largest absolute Gasteiger partial charge is 1.00 e. The van der Waals surface area contributed by atoms with Gasteiger partial charge in [0.25, 0.3) is 0 Å². The first-order valence-electron chi connectivity index (χ1n) is 7.47. The third-order valence-electron chi connectivity index (χ3n) is 3.93. The first-order valence-corrected chi connectivity index (χ1v) is 11.6. The van der Waals surface area contributed by atoms with Gasteiger partial charge in [0.05, 0.1) is 0 Å². The second-order valence-corrected chi connectivity index (χ2v) is 11.8. The van der Waals surface area contributed by atoms with Gasteiger partial charge in [0.1, 0.15) is 0 Å². The minimum atomic E-state index is -0.858. The van der Waals surface area contributed by atoms with Crippen molar-refractivity contribution >= 4 is 6.08 Å². The van der Waals surface area contributed by atoms with E-state index in [1.807, 2.05) is 0 Å². The summed E-state index contributed by atoms with van der Waals surface area (Å²) in [4.78, 5) is 2.34. The molecule has 0 amide bonds. The Bertz CT molecular complexity index is 632. The first kappa shape index (κ1) is 23.9. The third kappa shape index (κ3) is 6.00. The summed E-state index contributed by atoms with van der Waals surface area (Å²) in [5.41, 5.74) is 4.54. The number of hydrogen-bond acceptors (Lipinski definition) is 1. The van der Waals surface area contributed by atoms with Gasteiger partial charge < -0.3 is 37.2 Å².